The van der Waals surface area contributed by atoms with Gasteiger partial charge in [-0.2, -0.15) is 0 Å². The molecule has 0 unspecified atom stereocenters. The normalized spacial score (nSPS) is 17.2. The van der Waals surface area contributed by atoms with Crippen molar-refractivity contribution in [2.75, 3.05) is 5.75 Å². The lowest BCUT2D eigenvalue weighted by Gasteiger charge is -2.29. The molecule has 2 aromatic heterocycles. The Morgan fingerprint density at radius 3 is 2.65 bits per heavy atom. The van der Waals surface area contributed by atoms with Crippen molar-refractivity contribution >= 4 is 15.4 Å². The molecular weight excluding hydrogens is 428 g/mol. The lowest BCUT2D eigenvalue weighted by atomic mass is 9.94. The van der Waals surface area contributed by atoms with E-state index in [1.807, 2.05) is 0 Å². The Morgan fingerprint density at radius 1 is 1.26 bits per heavy atom. The first-order valence-corrected chi connectivity index (χ1v) is 11.7. The van der Waals surface area contributed by atoms with Crippen molar-refractivity contribution in [1.82, 2.24) is 14.0 Å². The van der Waals surface area contributed by atoms with E-state index >= 15 is 0 Å². The second-order valence-corrected chi connectivity index (χ2v) is 10.1. The average molecular weight is 451 g/mol. The maximum atomic E-state index is 13.5. The molecule has 4 rings (SSSR count). The van der Waals surface area contributed by atoms with Gasteiger partial charge in [0.25, 0.3) is 5.56 Å². The number of nitrogens with zero attached hydrogens (tertiary/aromatic N) is 3. The summed E-state index contributed by atoms with van der Waals surface area (Å²) in [4.78, 5) is 16.6. The molecule has 1 fully saturated rings. The topological polar surface area (TPSA) is 82.7 Å². The molecule has 0 atom stereocenters. The van der Waals surface area contributed by atoms with Gasteiger partial charge >= 0.3 is 0 Å². The second kappa shape index (κ2) is 7.74. The van der Waals surface area contributed by atoms with Gasteiger partial charge in [0.15, 0.2) is 9.84 Å². The summed E-state index contributed by atoms with van der Waals surface area (Å²) in [5, 5.41) is 0. The molecule has 0 N–H and O–H groups in total. The number of fused-ring (bicyclic) bond motifs is 1. The predicted molar refractivity (Wildman–Crippen MR) is 111 cm³/mol. The summed E-state index contributed by atoms with van der Waals surface area (Å²) in [7, 11) is -1.91. The highest BCUT2D eigenvalue weighted by Crippen LogP contribution is 2.38. The molecule has 1 saturated carbocycles. The first-order chi connectivity index (χ1) is 14.6. The van der Waals surface area contributed by atoms with Crippen molar-refractivity contribution in [2.45, 2.75) is 49.5 Å². The Morgan fingerprint density at radius 2 is 1.97 bits per heavy atom. The smallest absolute Gasteiger partial charge is 0.276 e. The zero-order valence-electron chi connectivity index (χ0n) is 17.2. The summed E-state index contributed by atoms with van der Waals surface area (Å²) >= 11 is 0. The van der Waals surface area contributed by atoms with Crippen LogP contribution in [0.4, 0.5) is 8.78 Å². The van der Waals surface area contributed by atoms with Gasteiger partial charge in [-0.3, -0.25) is 9.20 Å². The SMILES string of the molecule is CCS(=O)(=O)c1ccc(OC2CCC(F)(F)CC2)c(-c2cn(C)c(=O)c3cncn23)c1. The van der Waals surface area contributed by atoms with Crippen molar-refractivity contribution < 1.29 is 21.9 Å². The van der Waals surface area contributed by atoms with E-state index in [0.717, 1.165) is 0 Å². The van der Waals surface area contributed by atoms with E-state index in [-0.39, 0.29) is 41.9 Å². The number of alkyl halides is 2. The van der Waals surface area contributed by atoms with Gasteiger partial charge < -0.3 is 9.30 Å². The molecule has 0 saturated heterocycles. The molecule has 166 valence electrons. The number of sulfone groups is 1. The van der Waals surface area contributed by atoms with Gasteiger partial charge in [0, 0.05) is 31.6 Å². The highest BCUT2D eigenvalue weighted by atomic mass is 32.2. The summed E-state index contributed by atoms with van der Waals surface area (Å²) < 4.78 is 61.1. The van der Waals surface area contributed by atoms with Crippen LogP contribution in [-0.2, 0) is 16.9 Å². The van der Waals surface area contributed by atoms with E-state index in [2.05, 4.69) is 4.98 Å². The lowest BCUT2D eigenvalue weighted by molar-refractivity contribution is -0.0581. The molecule has 10 heteroatoms. The Hall–Kier alpha value is -2.75. The Bertz CT molecular complexity index is 1290. The van der Waals surface area contributed by atoms with E-state index in [0.29, 0.717) is 22.5 Å². The molecule has 1 aliphatic carbocycles. The number of rotatable bonds is 5. The van der Waals surface area contributed by atoms with Crippen LogP contribution in [0, 0.1) is 0 Å². The molecule has 2 heterocycles. The van der Waals surface area contributed by atoms with E-state index in [1.165, 1.54) is 29.2 Å². The number of aromatic nitrogens is 3. The maximum absolute atomic E-state index is 13.5. The fourth-order valence-corrected chi connectivity index (χ4v) is 4.72. The maximum Gasteiger partial charge on any atom is 0.276 e. The summed E-state index contributed by atoms with van der Waals surface area (Å²) in [6.45, 7) is 1.56. The highest BCUT2D eigenvalue weighted by molar-refractivity contribution is 7.91. The van der Waals surface area contributed by atoms with Crippen LogP contribution in [0.25, 0.3) is 16.8 Å². The first-order valence-electron chi connectivity index (χ1n) is 10.0. The third-order valence-electron chi connectivity index (χ3n) is 5.68. The van der Waals surface area contributed by atoms with E-state index in [1.54, 1.807) is 30.6 Å². The van der Waals surface area contributed by atoms with Crippen molar-refractivity contribution in [1.29, 1.82) is 0 Å². The first kappa shape index (κ1) is 21.5. The van der Waals surface area contributed by atoms with Gasteiger partial charge in [-0.1, -0.05) is 6.92 Å². The van der Waals surface area contributed by atoms with Gasteiger partial charge in [-0.25, -0.2) is 22.2 Å². The molecule has 0 aliphatic heterocycles. The van der Waals surface area contributed by atoms with Gasteiger partial charge in [-0.15, -0.1) is 0 Å². The zero-order valence-corrected chi connectivity index (χ0v) is 18.0. The van der Waals surface area contributed by atoms with Gasteiger partial charge in [0.2, 0.25) is 5.92 Å². The van der Waals surface area contributed by atoms with E-state index in [4.69, 9.17) is 4.74 Å². The fraction of sp³-hybridized carbons (Fsp3) is 0.429. The molecule has 1 aliphatic rings. The number of benzene rings is 1. The molecule has 1 aromatic carbocycles. The molecule has 31 heavy (non-hydrogen) atoms. The summed E-state index contributed by atoms with van der Waals surface area (Å²) in [6, 6.07) is 4.52. The van der Waals surface area contributed by atoms with Gasteiger partial charge in [0.05, 0.1) is 35.0 Å². The number of hydrogen-bond donors (Lipinski definition) is 0. The largest absolute Gasteiger partial charge is 0.490 e. The minimum absolute atomic E-state index is 0.0713. The van der Waals surface area contributed by atoms with Crippen molar-refractivity contribution in [3.05, 3.63) is 47.3 Å². The van der Waals surface area contributed by atoms with Crippen LogP contribution in [0.1, 0.15) is 32.6 Å². The summed E-state index contributed by atoms with van der Waals surface area (Å²) in [5.41, 5.74) is 1.03. The van der Waals surface area contributed by atoms with Crippen LogP contribution in [0.5, 0.6) is 5.75 Å². The van der Waals surface area contributed by atoms with Crippen LogP contribution in [0.2, 0.25) is 0 Å². The molecule has 0 amide bonds. The predicted octanol–water partition coefficient (Wildman–Crippen LogP) is 3.45. The average Bonchev–Trinajstić information content (AvgIpc) is 3.23. The molecule has 3 aromatic rings. The summed E-state index contributed by atoms with van der Waals surface area (Å²) in [6.07, 6.45) is 3.99. The van der Waals surface area contributed by atoms with Crippen LogP contribution in [-0.4, -0.2) is 40.1 Å². The van der Waals surface area contributed by atoms with Gasteiger partial charge in [0.1, 0.15) is 11.3 Å². The Balaban J connectivity index is 1.85. The number of ether oxygens (including phenoxy) is 1. The van der Waals surface area contributed by atoms with Crippen LogP contribution in [0.3, 0.4) is 0 Å². The minimum atomic E-state index is -3.50. The van der Waals surface area contributed by atoms with Crippen LogP contribution < -0.4 is 10.3 Å². The quantitative estimate of drug-likeness (QED) is 0.593. The van der Waals surface area contributed by atoms with E-state index in [9.17, 15) is 22.0 Å². The number of hydrogen-bond acceptors (Lipinski definition) is 5. The van der Waals surface area contributed by atoms with Crippen molar-refractivity contribution in [3.63, 3.8) is 0 Å². The lowest BCUT2D eigenvalue weighted by Crippen LogP contribution is -2.30. The third-order valence-corrected chi connectivity index (χ3v) is 7.41. The Labute approximate surface area is 178 Å². The highest BCUT2D eigenvalue weighted by Gasteiger charge is 2.36. The third kappa shape index (κ3) is 4.08. The fourth-order valence-electron chi connectivity index (χ4n) is 3.81. The molecule has 0 bridgehead atoms. The zero-order chi connectivity index (χ0) is 22.4. The van der Waals surface area contributed by atoms with Crippen LogP contribution >= 0.6 is 0 Å². The molecule has 7 nitrogen and oxygen atoms in total. The van der Waals surface area contributed by atoms with Crippen molar-refractivity contribution in [3.8, 4) is 17.0 Å². The van der Waals surface area contributed by atoms with Crippen molar-refractivity contribution in [2.24, 2.45) is 7.05 Å². The molecule has 0 spiro atoms. The second-order valence-electron chi connectivity index (χ2n) is 7.81. The van der Waals surface area contributed by atoms with E-state index < -0.39 is 21.9 Å². The standard InChI is InChI=1S/C21H23F2N3O4S/c1-3-31(28,29)15-4-5-19(30-14-6-8-21(22,23)9-7-14)16(10-15)18-12-25(2)20(27)17-11-24-13-26(17)18/h4-5,10-14H,3,6-9H2,1-2H3. The minimum Gasteiger partial charge on any atom is -0.490 e. The number of imidazole rings is 1. The Kier molecular flexibility index (Phi) is 5.36. The van der Waals surface area contributed by atoms with Gasteiger partial charge in [-0.05, 0) is 31.0 Å². The molecular formula is C21H23F2N3O4S. The number of aryl methyl sites for hydroxylation is 1. The van der Waals surface area contributed by atoms with Crippen LogP contribution in [0.15, 0.2) is 46.6 Å². The monoisotopic (exact) mass is 451 g/mol. The molecule has 0 radical (unpaired) electrons. The number of halogens is 2. The summed E-state index contributed by atoms with van der Waals surface area (Å²) in [5.74, 6) is -2.38.